The van der Waals surface area contributed by atoms with Gasteiger partial charge in [-0.3, -0.25) is 0 Å². The second-order valence-corrected chi connectivity index (χ2v) is 4.48. The van der Waals surface area contributed by atoms with Crippen LogP contribution >= 0.6 is 0 Å². The lowest BCUT2D eigenvalue weighted by Gasteiger charge is -2.10. The normalized spacial score (nSPS) is 10.3. The standard InChI is InChI=1S/C17H20O/c1-2-3-5-10-15-11-8-9-14-17(15)18-16-12-6-4-7-13-16/h4,6-9,11-14H,2-3,5,10H2,1H3. The van der Waals surface area contributed by atoms with E-state index in [0.29, 0.717) is 0 Å². The van der Waals surface area contributed by atoms with Gasteiger partial charge in [0.1, 0.15) is 11.5 Å². The van der Waals surface area contributed by atoms with Crippen molar-refractivity contribution in [2.24, 2.45) is 0 Å². The number of benzene rings is 2. The Balaban J connectivity index is 2.07. The molecular weight excluding hydrogens is 220 g/mol. The monoisotopic (exact) mass is 240 g/mol. The second-order valence-electron chi connectivity index (χ2n) is 4.48. The van der Waals surface area contributed by atoms with Gasteiger partial charge in [-0.05, 0) is 36.6 Å². The van der Waals surface area contributed by atoms with Crippen LogP contribution in [0.3, 0.4) is 0 Å². The van der Waals surface area contributed by atoms with Crippen LogP contribution < -0.4 is 4.74 Å². The van der Waals surface area contributed by atoms with Crippen LogP contribution in [0.2, 0.25) is 0 Å². The third-order valence-electron chi connectivity index (χ3n) is 2.99. The molecule has 0 aromatic heterocycles. The first-order chi connectivity index (χ1) is 8.90. The highest BCUT2D eigenvalue weighted by molar-refractivity contribution is 5.37. The number of hydrogen-bond donors (Lipinski definition) is 0. The molecule has 2 aromatic rings. The van der Waals surface area contributed by atoms with Gasteiger partial charge in [0, 0.05) is 0 Å². The predicted octanol–water partition coefficient (Wildman–Crippen LogP) is 5.21. The summed E-state index contributed by atoms with van der Waals surface area (Å²) in [5.74, 6) is 1.89. The maximum Gasteiger partial charge on any atom is 0.130 e. The molecular formula is C17H20O. The molecule has 0 aliphatic carbocycles. The first kappa shape index (κ1) is 12.7. The molecule has 0 radical (unpaired) electrons. The van der Waals surface area contributed by atoms with E-state index >= 15 is 0 Å². The van der Waals surface area contributed by atoms with E-state index < -0.39 is 0 Å². The molecule has 0 amide bonds. The zero-order valence-electron chi connectivity index (χ0n) is 10.9. The summed E-state index contributed by atoms with van der Waals surface area (Å²) in [6, 6.07) is 18.3. The molecule has 18 heavy (non-hydrogen) atoms. The first-order valence-electron chi connectivity index (χ1n) is 6.71. The lowest BCUT2D eigenvalue weighted by atomic mass is 10.1. The third kappa shape index (κ3) is 3.63. The van der Waals surface area contributed by atoms with E-state index in [4.69, 9.17) is 4.74 Å². The molecule has 0 bridgehead atoms. The van der Waals surface area contributed by atoms with Gasteiger partial charge in [-0.25, -0.2) is 0 Å². The Morgan fingerprint density at radius 3 is 2.33 bits per heavy atom. The van der Waals surface area contributed by atoms with E-state index in [1.165, 1.54) is 24.8 Å². The quantitative estimate of drug-likeness (QED) is 0.630. The Kier molecular flexibility index (Phi) is 4.83. The second kappa shape index (κ2) is 6.85. The lowest BCUT2D eigenvalue weighted by Crippen LogP contribution is -1.92. The van der Waals surface area contributed by atoms with Crippen molar-refractivity contribution in [1.29, 1.82) is 0 Å². The van der Waals surface area contributed by atoms with E-state index in [0.717, 1.165) is 17.9 Å². The summed E-state index contributed by atoms with van der Waals surface area (Å²) >= 11 is 0. The van der Waals surface area contributed by atoms with Crippen LogP contribution in [0.4, 0.5) is 0 Å². The van der Waals surface area contributed by atoms with E-state index in [1.807, 2.05) is 42.5 Å². The molecule has 2 rings (SSSR count). The zero-order valence-corrected chi connectivity index (χ0v) is 10.9. The Morgan fingerprint density at radius 2 is 1.56 bits per heavy atom. The number of rotatable bonds is 6. The van der Waals surface area contributed by atoms with Crippen LogP contribution in [0.1, 0.15) is 31.7 Å². The Labute approximate surface area is 109 Å². The van der Waals surface area contributed by atoms with Crippen LogP contribution in [0.15, 0.2) is 54.6 Å². The minimum atomic E-state index is 0.903. The Bertz CT molecular complexity index is 462. The van der Waals surface area contributed by atoms with Gasteiger partial charge in [0.05, 0.1) is 0 Å². The van der Waals surface area contributed by atoms with Crippen LogP contribution in [0.25, 0.3) is 0 Å². The molecule has 0 fully saturated rings. The number of unbranched alkanes of at least 4 members (excludes halogenated alkanes) is 2. The zero-order chi connectivity index (χ0) is 12.6. The summed E-state index contributed by atoms with van der Waals surface area (Å²) in [5.41, 5.74) is 1.30. The molecule has 0 heterocycles. The fraction of sp³-hybridized carbons (Fsp3) is 0.294. The average molecular weight is 240 g/mol. The smallest absolute Gasteiger partial charge is 0.130 e. The molecule has 0 atom stereocenters. The van der Waals surface area contributed by atoms with Gasteiger partial charge in [-0.15, -0.1) is 0 Å². The largest absolute Gasteiger partial charge is 0.457 e. The van der Waals surface area contributed by atoms with E-state index in [2.05, 4.69) is 19.1 Å². The topological polar surface area (TPSA) is 9.23 Å². The molecule has 94 valence electrons. The predicted molar refractivity (Wildman–Crippen MR) is 76.2 cm³/mol. The highest BCUT2D eigenvalue weighted by Crippen LogP contribution is 2.26. The molecule has 2 aromatic carbocycles. The van der Waals surface area contributed by atoms with Crippen LogP contribution in [0.5, 0.6) is 11.5 Å². The van der Waals surface area contributed by atoms with Crippen molar-refractivity contribution in [2.75, 3.05) is 0 Å². The van der Waals surface area contributed by atoms with Gasteiger partial charge in [0.25, 0.3) is 0 Å². The van der Waals surface area contributed by atoms with Crippen molar-refractivity contribution in [1.82, 2.24) is 0 Å². The van der Waals surface area contributed by atoms with Crippen molar-refractivity contribution in [3.8, 4) is 11.5 Å². The molecule has 0 aliphatic heterocycles. The van der Waals surface area contributed by atoms with Crippen LogP contribution in [0, 0.1) is 0 Å². The fourth-order valence-electron chi connectivity index (χ4n) is 1.99. The summed E-state index contributed by atoms with van der Waals surface area (Å²) < 4.78 is 5.94. The van der Waals surface area contributed by atoms with Gasteiger partial charge >= 0.3 is 0 Å². The van der Waals surface area contributed by atoms with Gasteiger partial charge < -0.3 is 4.74 Å². The fourth-order valence-corrected chi connectivity index (χ4v) is 1.99. The van der Waals surface area contributed by atoms with Crippen molar-refractivity contribution in [3.05, 3.63) is 60.2 Å². The minimum absolute atomic E-state index is 0.903. The van der Waals surface area contributed by atoms with E-state index in [-0.39, 0.29) is 0 Å². The van der Waals surface area contributed by atoms with Crippen molar-refractivity contribution in [2.45, 2.75) is 32.6 Å². The average Bonchev–Trinajstić information content (AvgIpc) is 2.42. The maximum absolute atomic E-state index is 5.94. The van der Waals surface area contributed by atoms with Crippen LogP contribution in [-0.4, -0.2) is 0 Å². The van der Waals surface area contributed by atoms with Crippen LogP contribution in [-0.2, 0) is 6.42 Å². The Morgan fingerprint density at radius 1 is 0.833 bits per heavy atom. The number of aryl methyl sites for hydroxylation is 1. The minimum Gasteiger partial charge on any atom is -0.457 e. The molecule has 0 saturated carbocycles. The molecule has 0 aliphatic rings. The highest BCUT2D eigenvalue weighted by Gasteiger charge is 2.03. The van der Waals surface area contributed by atoms with Crippen molar-refractivity contribution < 1.29 is 4.74 Å². The van der Waals surface area contributed by atoms with Gasteiger partial charge in [0.15, 0.2) is 0 Å². The highest BCUT2D eigenvalue weighted by atomic mass is 16.5. The molecule has 1 nitrogen and oxygen atoms in total. The SMILES string of the molecule is CCCCCc1ccccc1Oc1ccccc1. The summed E-state index contributed by atoms with van der Waals surface area (Å²) in [4.78, 5) is 0. The molecule has 0 N–H and O–H groups in total. The summed E-state index contributed by atoms with van der Waals surface area (Å²) in [7, 11) is 0. The van der Waals surface area contributed by atoms with Gasteiger partial charge in [-0.1, -0.05) is 56.2 Å². The van der Waals surface area contributed by atoms with Gasteiger partial charge in [0.2, 0.25) is 0 Å². The number of hydrogen-bond acceptors (Lipinski definition) is 1. The molecule has 1 heteroatoms. The maximum atomic E-state index is 5.94. The Hall–Kier alpha value is -1.76. The molecule has 0 saturated heterocycles. The van der Waals surface area contributed by atoms with E-state index in [9.17, 15) is 0 Å². The molecule has 0 unspecified atom stereocenters. The first-order valence-corrected chi connectivity index (χ1v) is 6.71. The summed E-state index contributed by atoms with van der Waals surface area (Å²) in [5, 5.41) is 0. The lowest BCUT2D eigenvalue weighted by molar-refractivity contribution is 0.474. The van der Waals surface area contributed by atoms with Crippen molar-refractivity contribution in [3.63, 3.8) is 0 Å². The van der Waals surface area contributed by atoms with Gasteiger partial charge in [-0.2, -0.15) is 0 Å². The third-order valence-corrected chi connectivity index (χ3v) is 2.99. The van der Waals surface area contributed by atoms with Crippen molar-refractivity contribution >= 4 is 0 Å². The summed E-state index contributed by atoms with van der Waals surface area (Å²) in [6.45, 7) is 2.23. The summed E-state index contributed by atoms with van der Waals surface area (Å²) in [6.07, 6.45) is 4.85. The number of ether oxygens (including phenoxy) is 1. The molecule has 0 spiro atoms. The number of para-hydroxylation sites is 2. The van der Waals surface area contributed by atoms with E-state index in [1.54, 1.807) is 0 Å².